The van der Waals surface area contributed by atoms with Gasteiger partial charge in [0.2, 0.25) is 0 Å². The highest BCUT2D eigenvalue weighted by atomic mass is 32.2. The number of rotatable bonds is 5. The van der Waals surface area contributed by atoms with Crippen LogP contribution in [-0.4, -0.2) is 35.0 Å². The molecule has 1 N–H and O–H groups in total. The number of nitrogens with zero attached hydrogens (tertiary/aromatic N) is 1. The van der Waals surface area contributed by atoms with Crippen molar-refractivity contribution >= 4 is 34.9 Å². The van der Waals surface area contributed by atoms with Gasteiger partial charge in [-0.1, -0.05) is 35.9 Å². The molecule has 3 amide bonds. The van der Waals surface area contributed by atoms with E-state index >= 15 is 0 Å². The average molecular weight is 398 g/mol. The molecule has 1 saturated heterocycles. The maximum absolute atomic E-state index is 13.8. The van der Waals surface area contributed by atoms with Crippen LogP contribution in [0.25, 0.3) is 6.08 Å². The first-order chi connectivity index (χ1) is 13.4. The highest BCUT2D eigenvalue weighted by Gasteiger charge is 2.34. The molecule has 1 aliphatic rings. The fourth-order valence-corrected chi connectivity index (χ4v) is 3.73. The van der Waals surface area contributed by atoms with Crippen LogP contribution in [0.3, 0.4) is 0 Å². The van der Waals surface area contributed by atoms with Gasteiger partial charge in [0, 0.05) is 24.2 Å². The Morgan fingerprint density at radius 1 is 1.18 bits per heavy atom. The molecule has 0 bridgehead atoms. The summed E-state index contributed by atoms with van der Waals surface area (Å²) in [5, 5.41) is 2.29. The standard InChI is InChI=1S/C21H19FN2O3S/c1-13-7-8-16(14(2)11-13)19(25)23-9-10-24-20(26)18(28-21(24)27)12-15-5-3-4-6-17(15)22/h3-8,11-12H,9-10H2,1-2H3,(H,23,25)/b18-12-. The Balaban J connectivity index is 1.62. The van der Waals surface area contributed by atoms with Crippen molar-refractivity contribution < 1.29 is 18.8 Å². The maximum Gasteiger partial charge on any atom is 0.293 e. The van der Waals surface area contributed by atoms with E-state index in [1.165, 1.54) is 18.2 Å². The summed E-state index contributed by atoms with van der Waals surface area (Å²) in [5.74, 6) is -1.21. The van der Waals surface area contributed by atoms with Crippen molar-refractivity contribution in [3.05, 3.63) is 75.4 Å². The Kier molecular flexibility index (Phi) is 5.94. The lowest BCUT2D eigenvalue weighted by Gasteiger charge is -2.13. The minimum Gasteiger partial charge on any atom is -0.350 e. The molecule has 0 atom stereocenters. The molecule has 1 fully saturated rings. The van der Waals surface area contributed by atoms with Gasteiger partial charge in [-0.2, -0.15) is 0 Å². The molecule has 1 aliphatic heterocycles. The Morgan fingerprint density at radius 3 is 2.64 bits per heavy atom. The summed E-state index contributed by atoms with van der Waals surface area (Å²) < 4.78 is 13.8. The van der Waals surface area contributed by atoms with Crippen LogP contribution < -0.4 is 5.32 Å². The third-order valence-corrected chi connectivity index (χ3v) is 5.22. The van der Waals surface area contributed by atoms with E-state index in [1.54, 1.807) is 18.2 Å². The van der Waals surface area contributed by atoms with Gasteiger partial charge in [-0.15, -0.1) is 0 Å². The Morgan fingerprint density at radius 2 is 1.93 bits per heavy atom. The topological polar surface area (TPSA) is 66.5 Å². The molecule has 1 heterocycles. The van der Waals surface area contributed by atoms with E-state index in [0.717, 1.165) is 27.8 Å². The molecular formula is C21H19FN2O3S. The fourth-order valence-electron chi connectivity index (χ4n) is 2.87. The Bertz CT molecular complexity index is 987. The van der Waals surface area contributed by atoms with Crippen LogP contribution in [0.15, 0.2) is 47.4 Å². The van der Waals surface area contributed by atoms with E-state index in [-0.39, 0.29) is 29.5 Å². The molecule has 0 saturated carbocycles. The SMILES string of the molecule is Cc1ccc(C(=O)NCCN2C(=O)S/C(=C\c3ccccc3F)C2=O)c(C)c1. The second-order valence-corrected chi connectivity index (χ2v) is 7.42. The van der Waals surface area contributed by atoms with E-state index in [0.29, 0.717) is 5.56 Å². The number of amides is 3. The van der Waals surface area contributed by atoms with Crippen molar-refractivity contribution in [3.8, 4) is 0 Å². The molecule has 5 nitrogen and oxygen atoms in total. The van der Waals surface area contributed by atoms with E-state index in [9.17, 15) is 18.8 Å². The zero-order chi connectivity index (χ0) is 20.3. The molecule has 144 valence electrons. The maximum atomic E-state index is 13.8. The molecule has 7 heteroatoms. The zero-order valence-electron chi connectivity index (χ0n) is 15.5. The molecule has 2 aromatic carbocycles. The third-order valence-electron chi connectivity index (χ3n) is 4.31. The van der Waals surface area contributed by atoms with Crippen molar-refractivity contribution in [2.75, 3.05) is 13.1 Å². The number of aryl methyl sites for hydroxylation is 2. The molecule has 28 heavy (non-hydrogen) atoms. The lowest BCUT2D eigenvalue weighted by Crippen LogP contribution is -2.37. The van der Waals surface area contributed by atoms with Crippen LogP contribution in [0, 0.1) is 19.7 Å². The van der Waals surface area contributed by atoms with Crippen LogP contribution in [0.2, 0.25) is 0 Å². The first-order valence-electron chi connectivity index (χ1n) is 8.72. The number of carbonyl (C=O) groups excluding carboxylic acids is 3. The summed E-state index contributed by atoms with van der Waals surface area (Å²) in [6.07, 6.45) is 1.37. The van der Waals surface area contributed by atoms with Gasteiger partial charge in [-0.3, -0.25) is 19.3 Å². The summed E-state index contributed by atoms with van der Waals surface area (Å²) >= 11 is 0.764. The highest BCUT2D eigenvalue weighted by Crippen LogP contribution is 2.32. The summed E-state index contributed by atoms with van der Waals surface area (Å²) in [6, 6.07) is 11.5. The van der Waals surface area contributed by atoms with Gasteiger partial charge in [0.1, 0.15) is 5.82 Å². The summed E-state index contributed by atoms with van der Waals surface area (Å²) in [5.41, 5.74) is 2.72. The van der Waals surface area contributed by atoms with Crippen molar-refractivity contribution in [1.82, 2.24) is 10.2 Å². The molecule has 0 unspecified atom stereocenters. The number of thioether (sulfide) groups is 1. The zero-order valence-corrected chi connectivity index (χ0v) is 16.3. The van der Waals surface area contributed by atoms with Crippen LogP contribution in [0.4, 0.5) is 9.18 Å². The van der Waals surface area contributed by atoms with Gasteiger partial charge in [0.05, 0.1) is 4.91 Å². The number of halogens is 1. The minimum absolute atomic E-state index is 0.0515. The van der Waals surface area contributed by atoms with E-state index in [1.807, 2.05) is 26.0 Å². The van der Waals surface area contributed by atoms with Crippen LogP contribution in [0.1, 0.15) is 27.0 Å². The molecule has 0 aromatic heterocycles. The van der Waals surface area contributed by atoms with E-state index in [4.69, 9.17) is 0 Å². The third kappa shape index (κ3) is 4.31. The highest BCUT2D eigenvalue weighted by molar-refractivity contribution is 8.18. The first-order valence-corrected chi connectivity index (χ1v) is 9.54. The number of benzene rings is 2. The van der Waals surface area contributed by atoms with E-state index < -0.39 is 17.0 Å². The quantitative estimate of drug-likeness (QED) is 0.776. The van der Waals surface area contributed by atoms with Crippen LogP contribution in [-0.2, 0) is 4.79 Å². The summed E-state index contributed by atoms with van der Waals surface area (Å²) in [7, 11) is 0. The number of carbonyl (C=O) groups is 3. The molecule has 0 aliphatic carbocycles. The summed E-state index contributed by atoms with van der Waals surface area (Å²) in [6.45, 7) is 3.99. The average Bonchev–Trinajstić information content (AvgIpc) is 2.91. The molecular weight excluding hydrogens is 379 g/mol. The fraction of sp³-hybridized carbons (Fsp3) is 0.190. The lowest BCUT2D eigenvalue weighted by atomic mass is 10.1. The smallest absolute Gasteiger partial charge is 0.293 e. The Hall–Kier alpha value is -2.93. The van der Waals surface area contributed by atoms with Gasteiger partial charge in [-0.05, 0) is 49.4 Å². The first kappa shape index (κ1) is 19.8. The van der Waals surface area contributed by atoms with Crippen molar-refractivity contribution in [1.29, 1.82) is 0 Å². The second kappa shape index (κ2) is 8.39. The normalized spacial score (nSPS) is 15.4. The monoisotopic (exact) mass is 398 g/mol. The summed E-state index contributed by atoms with van der Waals surface area (Å²) in [4.78, 5) is 38.1. The van der Waals surface area contributed by atoms with Gasteiger partial charge >= 0.3 is 0 Å². The van der Waals surface area contributed by atoms with Gasteiger partial charge in [-0.25, -0.2) is 4.39 Å². The van der Waals surface area contributed by atoms with Crippen LogP contribution >= 0.6 is 11.8 Å². The molecule has 0 radical (unpaired) electrons. The van der Waals surface area contributed by atoms with Crippen molar-refractivity contribution in [2.45, 2.75) is 13.8 Å². The molecule has 3 rings (SSSR count). The number of hydrogen-bond acceptors (Lipinski definition) is 4. The minimum atomic E-state index is -0.487. The van der Waals surface area contributed by atoms with Crippen molar-refractivity contribution in [3.63, 3.8) is 0 Å². The van der Waals surface area contributed by atoms with Gasteiger partial charge < -0.3 is 5.32 Å². The molecule has 0 spiro atoms. The predicted molar refractivity (Wildman–Crippen MR) is 107 cm³/mol. The van der Waals surface area contributed by atoms with E-state index in [2.05, 4.69) is 5.32 Å². The van der Waals surface area contributed by atoms with Gasteiger partial charge in [0.15, 0.2) is 0 Å². The number of nitrogens with one attached hydrogen (secondary N) is 1. The Labute approximate surface area is 166 Å². The van der Waals surface area contributed by atoms with Crippen molar-refractivity contribution in [2.24, 2.45) is 0 Å². The number of hydrogen-bond donors (Lipinski definition) is 1. The molecule has 2 aromatic rings. The van der Waals surface area contributed by atoms with Gasteiger partial charge in [0.25, 0.3) is 17.1 Å². The largest absolute Gasteiger partial charge is 0.350 e. The number of imide groups is 1. The van der Waals surface area contributed by atoms with Crippen LogP contribution in [0.5, 0.6) is 0 Å². The second-order valence-electron chi connectivity index (χ2n) is 6.43. The lowest BCUT2D eigenvalue weighted by molar-refractivity contribution is -0.122. The predicted octanol–water partition coefficient (Wildman–Crippen LogP) is 3.91.